The Labute approximate surface area is 112 Å². The van der Waals surface area contributed by atoms with Crippen LogP contribution in [0.15, 0.2) is 30.6 Å². The molecule has 2 N–H and O–H groups in total. The van der Waals surface area contributed by atoms with E-state index in [0.29, 0.717) is 17.5 Å². The van der Waals surface area contributed by atoms with Crippen molar-refractivity contribution in [1.29, 1.82) is 0 Å². The normalized spacial score (nSPS) is 12.9. The van der Waals surface area contributed by atoms with Gasteiger partial charge in [0.2, 0.25) is 0 Å². The van der Waals surface area contributed by atoms with E-state index in [4.69, 9.17) is 17.3 Å². The van der Waals surface area contributed by atoms with E-state index in [0.717, 1.165) is 11.4 Å². The van der Waals surface area contributed by atoms with Gasteiger partial charge in [-0.3, -0.25) is 9.67 Å². The Morgan fingerprint density at radius 2 is 2.17 bits per heavy atom. The molecular weight excluding hydrogens is 248 g/mol. The lowest BCUT2D eigenvalue weighted by atomic mass is 10.1. The molecule has 4 nitrogen and oxygen atoms in total. The lowest BCUT2D eigenvalue weighted by molar-refractivity contribution is 0.522. The topological polar surface area (TPSA) is 56.7 Å². The van der Waals surface area contributed by atoms with Gasteiger partial charge in [0, 0.05) is 24.9 Å². The van der Waals surface area contributed by atoms with Crippen LogP contribution in [-0.2, 0) is 6.42 Å². The van der Waals surface area contributed by atoms with Crippen molar-refractivity contribution in [2.45, 2.75) is 32.4 Å². The molecule has 2 aromatic heterocycles. The van der Waals surface area contributed by atoms with Crippen molar-refractivity contribution in [1.82, 2.24) is 14.8 Å². The molecule has 0 spiro atoms. The summed E-state index contributed by atoms with van der Waals surface area (Å²) in [6, 6.07) is 5.71. The smallest absolute Gasteiger partial charge is 0.0760 e. The minimum absolute atomic E-state index is 0.228. The molecule has 96 valence electrons. The van der Waals surface area contributed by atoms with E-state index in [-0.39, 0.29) is 6.04 Å². The van der Waals surface area contributed by atoms with Gasteiger partial charge in [-0.2, -0.15) is 5.10 Å². The summed E-state index contributed by atoms with van der Waals surface area (Å²) in [6.45, 7) is 4.18. The highest BCUT2D eigenvalue weighted by Crippen LogP contribution is 2.21. The largest absolute Gasteiger partial charge is 0.322 e. The van der Waals surface area contributed by atoms with Crippen LogP contribution >= 0.6 is 11.6 Å². The standard InChI is InChI=1S/C13H17ClN4/c1-9(2)18-7-5-10(17-18)8-12(15)13-11(14)4-3-6-16-13/h3-7,9,12H,8,15H2,1-2H3. The maximum Gasteiger partial charge on any atom is 0.0760 e. The van der Waals surface area contributed by atoms with Crippen LogP contribution in [0.2, 0.25) is 5.02 Å². The zero-order valence-electron chi connectivity index (χ0n) is 10.5. The van der Waals surface area contributed by atoms with Crippen LogP contribution in [0, 0.1) is 0 Å². The molecule has 0 saturated heterocycles. The van der Waals surface area contributed by atoms with Crippen molar-refractivity contribution in [3.05, 3.63) is 47.0 Å². The van der Waals surface area contributed by atoms with Gasteiger partial charge in [-0.05, 0) is 32.0 Å². The second-order valence-electron chi connectivity index (χ2n) is 4.56. The van der Waals surface area contributed by atoms with Crippen molar-refractivity contribution in [3.8, 4) is 0 Å². The summed E-state index contributed by atoms with van der Waals surface area (Å²) in [5.41, 5.74) is 7.79. The Morgan fingerprint density at radius 3 is 2.78 bits per heavy atom. The third-order valence-electron chi connectivity index (χ3n) is 2.76. The summed E-state index contributed by atoms with van der Waals surface area (Å²) in [5.74, 6) is 0. The zero-order valence-corrected chi connectivity index (χ0v) is 11.3. The van der Waals surface area contributed by atoms with Crippen molar-refractivity contribution < 1.29 is 0 Å². The molecular formula is C13H17ClN4. The van der Waals surface area contributed by atoms with Crippen LogP contribution in [0.1, 0.15) is 37.3 Å². The van der Waals surface area contributed by atoms with Gasteiger partial charge in [-0.1, -0.05) is 11.6 Å². The van der Waals surface area contributed by atoms with Gasteiger partial charge >= 0.3 is 0 Å². The van der Waals surface area contributed by atoms with Gasteiger partial charge in [-0.25, -0.2) is 0 Å². The number of halogens is 1. The monoisotopic (exact) mass is 264 g/mol. The minimum atomic E-state index is -0.228. The van der Waals surface area contributed by atoms with Crippen molar-refractivity contribution in [2.75, 3.05) is 0 Å². The molecule has 1 unspecified atom stereocenters. The quantitative estimate of drug-likeness (QED) is 0.924. The Bertz CT molecular complexity index is 521. The summed E-state index contributed by atoms with van der Waals surface area (Å²) in [7, 11) is 0. The molecule has 0 aliphatic carbocycles. The van der Waals surface area contributed by atoms with Gasteiger partial charge in [-0.15, -0.1) is 0 Å². The van der Waals surface area contributed by atoms with Gasteiger partial charge in [0.15, 0.2) is 0 Å². The minimum Gasteiger partial charge on any atom is -0.322 e. The van der Waals surface area contributed by atoms with Crippen LogP contribution in [0.4, 0.5) is 0 Å². The number of nitrogens with zero attached hydrogens (tertiary/aromatic N) is 3. The van der Waals surface area contributed by atoms with Crippen LogP contribution < -0.4 is 5.73 Å². The Hall–Kier alpha value is -1.39. The first-order valence-corrected chi connectivity index (χ1v) is 6.35. The fourth-order valence-electron chi connectivity index (χ4n) is 1.77. The summed E-state index contributed by atoms with van der Waals surface area (Å²) in [6.07, 6.45) is 4.30. The van der Waals surface area contributed by atoms with Gasteiger partial charge in [0.05, 0.1) is 22.5 Å². The predicted molar refractivity (Wildman–Crippen MR) is 72.5 cm³/mol. The zero-order chi connectivity index (χ0) is 13.1. The molecule has 0 saturated carbocycles. The van der Waals surface area contributed by atoms with Crippen LogP contribution in [0.3, 0.4) is 0 Å². The molecule has 1 atom stereocenters. The molecule has 0 aliphatic heterocycles. The van der Waals surface area contributed by atoms with Crippen LogP contribution in [0.5, 0.6) is 0 Å². The maximum atomic E-state index is 6.12. The highest BCUT2D eigenvalue weighted by Gasteiger charge is 2.13. The fraction of sp³-hybridized carbons (Fsp3) is 0.385. The molecule has 0 bridgehead atoms. The van der Waals surface area contributed by atoms with E-state index < -0.39 is 0 Å². The summed E-state index contributed by atoms with van der Waals surface area (Å²) >= 11 is 6.07. The summed E-state index contributed by atoms with van der Waals surface area (Å²) in [4.78, 5) is 4.22. The van der Waals surface area contributed by atoms with Gasteiger partial charge in [0.25, 0.3) is 0 Å². The Balaban J connectivity index is 2.11. The number of aromatic nitrogens is 3. The lowest BCUT2D eigenvalue weighted by Crippen LogP contribution is -2.16. The van der Waals surface area contributed by atoms with E-state index in [1.54, 1.807) is 18.3 Å². The SMILES string of the molecule is CC(C)n1ccc(CC(N)c2ncccc2Cl)n1. The Morgan fingerprint density at radius 1 is 1.39 bits per heavy atom. The molecule has 2 heterocycles. The second-order valence-corrected chi connectivity index (χ2v) is 4.97. The average Bonchev–Trinajstić information content (AvgIpc) is 2.78. The molecule has 0 fully saturated rings. The highest BCUT2D eigenvalue weighted by atomic mass is 35.5. The molecule has 2 rings (SSSR count). The molecule has 0 aromatic carbocycles. The van der Waals surface area contributed by atoms with Gasteiger partial charge in [0.1, 0.15) is 0 Å². The Kier molecular flexibility index (Phi) is 3.99. The summed E-state index contributed by atoms with van der Waals surface area (Å²) in [5, 5.41) is 5.08. The van der Waals surface area contributed by atoms with Crippen molar-refractivity contribution in [3.63, 3.8) is 0 Å². The van der Waals surface area contributed by atoms with Crippen molar-refractivity contribution in [2.24, 2.45) is 5.73 Å². The van der Waals surface area contributed by atoms with Gasteiger partial charge < -0.3 is 5.73 Å². The summed E-state index contributed by atoms with van der Waals surface area (Å²) < 4.78 is 1.92. The second kappa shape index (κ2) is 5.50. The number of rotatable bonds is 4. The van der Waals surface area contributed by atoms with E-state index in [1.807, 2.05) is 16.9 Å². The van der Waals surface area contributed by atoms with E-state index >= 15 is 0 Å². The first-order chi connectivity index (χ1) is 8.58. The van der Waals surface area contributed by atoms with E-state index in [9.17, 15) is 0 Å². The highest BCUT2D eigenvalue weighted by molar-refractivity contribution is 6.31. The molecule has 0 aliphatic rings. The molecule has 0 amide bonds. The number of hydrogen-bond acceptors (Lipinski definition) is 3. The fourth-order valence-corrected chi connectivity index (χ4v) is 2.03. The molecule has 0 radical (unpaired) electrons. The number of hydrogen-bond donors (Lipinski definition) is 1. The third-order valence-corrected chi connectivity index (χ3v) is 3.08. The van der Waals surface area contributed by atoms with Crippen LogP contribution in [0.25, 0.3) is 0 Å². The van der Waals surface area contributed by atoms with Crippen LogP contribution in [-0.4, -0.2) is 14.8 Å². The van der Waals surface area contributed by atoms with E-state index in [2.05, 4.69) is 23.9 Å². The van der Waals surface area contributed by atoms with E-state index in [1.165, 1.54) is 0 Å². The molecule has 5 heteroatoms. The van der Waals surface area contributed by atoms with Crippen molar-refractivity contribution >= 4 is 11.6 Å². The lowest BCUT2D eigenvalue weighted by Gasteiger charge is -2.11. The third kappa shape index (κ3) is 2.89. The number of pyridine rings is 1. The average molecular weight is 265 g/mol. The first-order valence-electron chi connectivity index (χ1n) is 5.98. The first kappa shape index (κ1) is 13.1. The molecule has 2 aromatic rings. The molecule has 18 heavy (non-hydrogen) atoms. The maximum absolute atomic E-state index is 6.12. The number of nitrogens with two attached hydrogens (primary N) is 1. The predicted octanol–water partition coefficient (Wildman–Crippen LogP) is 2.75.